The molecule has 2 rings (SSSR count). The zero-order valence-electron chi connectivity index (χ0n) is 9.95. The molecule has 6 atom stereocenters. The van der Waals surface area contributed by atoms with Crippen LogP contribution in [0.25, 0.3) is 0 Å². The van der Waals surface area contributed by atoms with Crippen LogP contribution in [0.1, 0.15) is 6.92 Å². The number of aliphatic imine (C=N–C) groups is 1. The molecule has 5 nitrogen and oxygen atoms in total. The number of aliphatic hydroxyl groups excluding tert-OH is 2. The fraction of sp³-hybridized carbons (Fsp3) is 0.900. The fourth-order valence-corrected chi connectivity index (χ4v) is 3.10. The predicted octanol–water partition coefficient (Wildman–Crippen LogP) is -0.176. The van der Waals surface area contributed by atoms with Gasteiger partial charge in [0.25, 0.3) is 0 Å². The fourth-order valence-electron chi connectivity index (χ4n) is 1.96. The van der Waals surface area contributed by atoms with Gasteiger partial charge in [0.05, 0.1) is 6.10 Å². The molecule has 0 aromatic heterocycles. The van der Waals surface area contributed by atoms with E-state index in [1.165, 1.54) is 18.7 Å². The lowest BCUT2D eigenvalue weighted by molar-refractivity contribution is -0.165. The lowest BCUT2D eigenvalue weighted by Crippen LogP contribution is -2.56. The van der Waals surface area contributed by atoms with E-state index in [2.05, 4.69) is 4.99 Å². The van der Waals surface area contributed by atoms with Crippen molar-refractivity contribution in [3.8, 4) is 0 Å². The van der Waals surface area contributed by atoms with Crippen molar-refractivity contribution in [1.29, 1.82) is 0 Å². The number of thioether (sulfide) groups is 1. The highest BCUT2D eigenvalue weighted by Gasteiger charge is 2.50. The summed E-state index contributed by atoms with van der Waals surface area (Å²) in [5.41, 5.74) is -0.467. The molecule has 2 heterocycles. The van der Waals surface area contributed by atoms with Crippen LogP contribution in [0, 0.1) is 0 Å². The topological polar surface area (TPSA) is 65.3 Å². The quantitative estimate of drug-likeness (QED) is 0.688. The minimum atomic E-state index is -1.50. The van der Waals surface area contributed by atoms with Gasteiger partial charge in [-0.3, -0.25) is 4.99 Å². The number of aliphatic hydroxyl groups is 2. The molecule has 0 amide bonds. The first-order valence-electron chi connectivity index (χ1n) is 5.49. The Labute approximate surface area is 104 Å². The van der Waals surface area contributed by atoms with Gasteiger partial charge in [-0.2, -0.15) is 0 Å². The van der Waals surface area contributed by atoms with E-state index in [1.807, 2.05) is 14.1 Å². The molecule has 2 N–H and O–H groups in total. The minimum absolute atomic E-state index is 0.467. The van der Waals surface area contributed by atoms with E-state index in [-0.39, 0.29) is 0 Å². The summed E-state index contributed by atoms with van der Waals surface area (Å²) in [5.74, 6) is 0. The molecule has 0 aromatic carbocycles. The van der Waals surface area contributed by atoms with Crippen LogP contribution in [-0.2, 0) is 4.74 Å². The van der Waals surface area contributed by atoms with Gasteiger partial charge in [-0.05, 0) is 6.92 Å². The van der Waals surface area contributed by atoms with Gasteiger partial charge in [0.2, 0.25) is 0 Å². The number of hydrogen-bond acceptors (Lipinski definition) is 6. The van der Waals surface area contributed by atoms with Crippen molar-refractivity contribution in [3.63, 3.8) is 0 Å². The van der Waals surface area contributed by atoms with Gasteiger partial charge >= 0.3 is 0 Å². The van der Waals surface area contributed by atoms with Gasteiger partial charge in [0.1, 0.15) is 23.7 Å². The summed E-state index contributed by atoms with van der Waals surface area (Å²) >= 11 is 1.32. The standard InChI is InChI=1S/C10H17FN2O3S/c1-4(14)8-7(15)5(11)6-9(16-8)17-10(12-6)13(2)3/h4-9,14-15H,1-3H3/t4-,5?,6?,7?,8?,9?/m1/s1. The van der Waals surface area contributed by atoms with Crippen LogP contribution in [0.4, 0.5) is 4.39 Å². The normalized spacial score (nSPS) is 42.9. The van der Waals surface area contributed by atoms with E-state index in [0.29, 0.717) is 5.17 Å². The summed E-state index contributed by atoms with van der Waals surface area (Å²) in [6, 6.07) is -0.692. The molecule has 7 heteroatoms. The monoisotopic (exact) mass is 264 g/mol. The first kappa shape index (κ1) is 13.1. The van der Waals surface area contributed by atoms with Gasteiger partial charge < -0.3 is 19.8 Å². The molecule has 0 spiro atoms. The molecular formula is C10H17FN2O3S. The van der Waals surface area contributed by atoms with Crippen LogP contribution in [0.2, 0.25) is 0 Å². The number of halogens is 1. The maximum absolute atomic E-state index is 14.0. The maximum Gasteiger partial charge on any atom is 0.161 e. The molecule has 1 saturated heterocycles. The number of hydrogen-bond donors (Lipinski definition) is 2. The third-order valence-corrected chi connectivity index (χ3v) is 4.20. The number of fused-ring (bicyclic) bond motifs is 1. The van der Waals surface area contributed by atoms with Crippen molar-refractivity contribution in [2.24, 2.45) is 4.99 Å². The predicted molar refractivity (Wildman–Crippen MR) is 63.7 cm³/mol. The summed E-state index contributed by atoms with van der Waals surface area (Å²) in [6.45, 7) is 1.48. The lowest BCUT2D eigenvalue weighted by atomic mass is 9.97. The van der Waals surface area contributed by atoms with Crippen LogP contribution >= 0.6 is 11.8 Å². The van der Waals surface area contributed by atoms with Crippen molar-refractivity contribution in [3.05, 3.63) is 0 Å². The van der Waals surface area contributed by atoms with Crippen molar-refractivity contribution in [2.75, 3.05) is 14.1 Å². The van der Waals surface area contributed by atoms with E-state index in [4.69, 9.17) is 4.74 Å². The molecule has 5 unspecified atom stereocenters. The molecule has 98 valence electrons. The van der Waals surface area contributed by atoms with Crippen LogP contribution in [0.3, 0.4) is 0 Å². The molecule has 2 aliphatic rings. The highest BCUT2D eigenvalue weighted by atomic mass is 32.2. The Hall–Kier alpha value is -0.370. The third-order valence-electron chi connectivity index (χ3n) is 2.90. The molecule has 17 heavy (non-hydrogen) atoms. The zero-order valence-corrected chi connectivity index (χ0v) is 10.8. The van der Waals surface area contributed by atoms with E-state index in [1.54, 1.807) is 4.90 Å². The summed E-state index contributed by atoms with van der Waals surface area (Å²) < 4.78 is 19.5. The maximum atomic E-state index is 14.0. The Balaban J connectivity index is 2.15. The van der Waals surface area contributed by atoms with E-state index in [0.717, 1.165) is 0 Å². The zero-order chi connectivity index (χ0) is 12.7. The van der Waals surface area contributed by atoms with Gasteiger partial charge in [-0.25, -0.2) is 4.39 Å². The third kappa shape index (κ3) is 2.29. The molecule has 0 bridgehead atoms. The minimum Gasteiger partial charge on any atom is -0.391 e. The Morgan fingerprint density at radius 2 is 2.18 bits per heavy atom. The van der Waals surface area contributed by atoms with Crippen molar-refractivity contribution in [1.82, 2.24) is 4.90 Å². The Morgan fingerprint density at radius 1 is 1.53 bits per heavy atom. The van der Waals surface area contributed by atoms with Gasteiger partial charge in [-0.15, -0.1) is 0 Å². The van der Waals surface area contributed by atoms with Crippen molar-refractivity contribution >= 4 is 16.9 Å². The highest BCUT2D eigenvalue weighted by Crippen LogP contribution is 2.38. The smallest absolute Gasteiger partial charge is 0.161 e. The van der Waals surface area contributed by atoms with Crippen LogP contribution < -0.4 is 0 Å². The van der Waals surface area contributed by atoms with Gasteiger partial charge in [-0.1, -0.05) is 11.8 Å². The van der Waals surface area contributed by atoms with Crippen molar-refractivity contribution < 1.29 is 19.3 Å². The summed E-state index contributed by atoms with van der Waals surface area (Å²) in [4.78, 5) is 5.98. The molecule has 0 radical (unpaired) electrons. The largest absolute Gasteiger partial charge is 0.391 e. The number of nitrogens with zero attached hydrogens (tertiary/aromatic N) is 2. The average Bonchev–Trinajstić information content (AvgIpc) is 2.67. The highest BCUT2D eigenvalue weighted by molar-refractivity contribution is 8.14. The van der Waals surface area contributed by atoms with E-state index < -0.39 is 36.0 Å². The van der Waals surface area contributed by atoms with Gasteiger partial charge in [0.15, 0.2) is 11.3 Å². The SMILES string of the molecule is C[C@@H](O)C1OC2SC(N(C)C)=NC2C(F)C1O. The van der Waals surface area contributed by atoms with Crippen LogP contribution in [0.5, 0.6) is 0 Å². The Kier molecular flexibility index (Phi) is 3.63. The Bertz CT molecular complexity index is 327. The second-order valence-electron chi connectivity index (χ2n) is 4.56. The molecule has 1 fully saturated rings. The van der Waals surface area contributed by atoms with Crippen LogP contribution in [0.15, 0.2) is 4.99 Å². The average molecular weight is 264 g/mol. The summed E-state index contributed by atoms with van der Waals surface area (Å²) in [6.07, 6.45) is -4.64. The molecule has 0 aliphatic carbocycles. The molecule has 0 aromatic rings. The number of rotatable bonds is 1. The van der Waals surface area contributed by atoms with E-state index >= 15 is 0 Å². The second kappa shape index (κ2) is 4.72. The summed E-state index contributed by atoms with van der Waals surface area (Å²) in [7, 11) is 3.64. The van der Waals surface area contributed by atoms with Crippen molar-refractivity contribution in [2.45, 2.75) is 42.9 Å². The second-order valence-corrected chi connectivity index (χ2v) is 5.62. The number of amidine groups is 1. The van der Waals surface area contributed by atoms with E-state index in [9.17, 15) is 14.6 Å². The summed E-state index contributed by atoms with van der Waals surface area (Å²) in [5, 5.41) is 19.9. The molecule has 0 saturated carbocycles. The Morgan fingerprint density at radius 3 is 2.71 bits per heavy atom. The molecule has 2 aliphatic heterocycles. The first-order valence-corrected chi connectivity index (χ1v) is 6.37. The number of alkyl halides is 1. The van der Waals surface area contributed by atoms with Gasteiger partial charge in [0, 0.05) is 14.1 Å². The molecular weight excluding hydrogens is 247 g/mol. The number of ether oxygens (including phenoxy) is 1. The first-order chi connectivity index (χ1) is 7.91. The van der Waals surface area contributed by atoms with Crippen LogP contribution in [-0.4, -0.2) is 70.3 Å². The lowest BCUT2D eigenvalue weighted by Gasteiger charge is -2.38.